The van der Waals surface area contributed by atoms with Crippen LogP contribution in [-0.4, -0.2) is 48.6 Å². The predicted molar refractivity (Wildman–Crippen MR) is 174 cm³/mol. The number of benzene rings is 1. The molecule has 0 N–H and O–H groups in total. The molecule has 3 fully saturated rings. The molecule has 2 nitrogen and oxygen atoms in total. The molecule has 2 unspecified atom stereocenters. The molecular weight excluding hydrogens is 472 g/mol. The van der Waals surface area contributed by atoms with Crippen molar-refractivity contribution in [2.75, 3.05) is 32.7 Å². The van der Waals surface area contributed by atoms with Crippen LogP contribution in [0, 0.1) is 17.8 Å². The summed E-state index contributed by atoms with van der Waals surface area (Å²) in [7, 11) is 0. The minimum absolute atomic E-state index is 0.644. The zero-order valence-corrected chi connectivity index (χ0v) is 26.4. The van der Waals surface area contributed by atoms with Crippen LogP contribution >= 0.6 is 0 Å². The van der Waals surface area contributed by atoms with Crippen LogP contribution in [0.2, 0.25) is 0 Å². The Morgan fingerprint density at radius 2 is 1.59 bits per heavy atom. The summed E-state index contributed by atoms with van der Waals surface area (Å²) in [4.78, 5) is 5.56. The number of piperidine rings is 1. The van der Waals surface area contributed by atoms with Gasteiger partial charge >= 0.3 is 0 Å². The molecule has 1 aliphatic carbocycles. The van der Waals surface area contributed by atoms with E-state index in [0.717, 1.165) is 17.8 Å². The molecule has 2 heteroatoms. The highest BCUT2D eigenvalue weighted by Crippen LogP contribution is 2.33. The molecular formula is C37H62N2. The van der Waals surface area contributed by atoms with Gasteiger partial charge in [-0.15, -0.1) is 6.58 Å². The summed E-state index contributed by atoms with van der Waals surface area (Å²) < 4.78 is 0. The van der Waals surface area contributed by atoms with Gasteiger partial charge in [-0.3, -0.25) is 4.90 Å². The van der Waals surface area contributed by atoms with E-state index in [2.05, 4.69) is 71.9 Å². The van der Waals surface area contributed by atoms with Gasteiger partial charge in [0.25, 0.3) is 0 Å². The van der Waals surface area contributed by atoms with Crippen molar-refractivity contribution in [2.45, 2.75) is 111 Å². The van der Waals surface area contributed by atoms with Gasteiger partial charge in [0.05, 0.1) is 0 Å². The molecule has 0 amide bonds. The molecule has 2 heterocycles. The molecule has 1 saturated carbocycles. The van der Waals surface area contributed by atoms with Crippen LogP contribution in [0.5, 0.6) is 0 Å². The standard InChI is InChI=1S/C28H44N2.C7H12.C2H6/c1-2-28(27-14-7-4-8-15-27)30-21-18-26(23-30)22-29-19-16-25(17-20-29)13-9-12-24-10-5-3-6-11-24;1-4-6-7(3)5-2;1-2/h2-3,5-6,10-11,25-28H,1,4,7-9,12-23H2;4-6H,1-3H3;1-2H3/b;6-4-,7-5-;. The third-order valence-corrected chi connectivity index (χ3v) is 9.14. The Morgan fingerprint density at radius 3 is 2.18 bits per heavy atom. The van der Waals surface area contributed by atoms with Crippen molar-refractivity contribution in [1.29, 1.82) is 0 Å². The maximum absolute atomic E-state index is 4.22. The van der Waals surface area contributed by atoms with E-state index in [4.69, 9.17) is 0 Å². The lowest BCUT2D eigenvalue weighted by atomic mass is 9.83. The van der Waals surface area contributed by atoms with Gasteiger partial charge in [0.15, 0.2) is 0 Å². The summed E-state index contributed by atoms with van der Waals surface area (Å²) in [6.45, 7) is 21.0. The number of hydrogen-bond acceptors (Lipinski definition) is 2. The summed E-state index contributed by atoms with van der Waals surface area (Å²) in [6, 6.07) is 11.7. The maximum atomic E-state index is 4.22. The van der Waals surface area contributed by atoms with E-state index in [0.29, 0.717) is 6.04 Å². The molecule has 0 spiro atoms. The lowest BCUT2D eigenvalue weighted by Gasteiger charge is -2.36. The topological polar surface area (TPSA) is 6.48 Å². The van der Waals surface area contributed by atoms with Crippen molar-refractivity contribution in [3.8, 4) is 0 Å². The van der Waals surface area contributed by atoms with Crippen molar-refractivity contribution in [1.82, 2.24) is 9.80 Å². The fourth-order valence-corrected chi connectivity index (χ4v) is 6.82. The Morgan fingerprint density at radius 1 is 0.923 bits per heavy atom. The summed E-state index contributed by atoms with van der Waals surface area (Å²) in [5.74, 6) is 2.72. The average molecular weight is 535 g/mol. The molecule has 2 saturated heterocycles. The monoisotopic (exact) mass is 534 g/mol. The summed E-state index contributed by atoms with van der Waals surface area (Å²) in [5.41, 5.74) is 2.83. The number of hydrogen-bond donors (Lipinski definition) is 0. The fourth-order valence-electron chi connectivity index (χ4n) is 6.82. The minimum atomic E-state index is 0.644. The molecule has 220 valence electrons. The molecule has 0 radical (unpaired) electrons. The SMILES string of the molecule is C/C=C\C(C)=C/C.C=CC(C1CCCCC1)N1CCC(CN2CCC(CCCc3ccccc3)CC2)C1.CC. The first-order valence-corrected chi connectivity index (χ1v) is 16.5. The zero-order valence-electron chi connectivity index (χ0n) is 26.4. The van der Waals surface area contributed by atoms with Crippen molar-refractivity contribution in [3.63, 3.8) is 0 Å². The molecule has 0 aromatic heterocycles. The molecule has 4 rings (SSSR count). The third-order valence-electron chi connectivity index (χ3n) is 9.14. The van der Waals surface area contributed by atoms with Crippen LogP contribution in [0.1, 0.15) is 104 Å². The fraction of sp³-hybridized carbons (Fsp3) is 0.676. The quantitative estimate of drug-likeness (QED) is 0.218. The molecule has 1 aromatic rings. The van der Waals surface area contributed by atoms with Crippen LogP contribution in [0.15, 0.2) is 66.8 Å². The second-order valence-corrected chi connectivity index (χ2v) is 11.9. The third kappa shape index (κ3) is 12.6. The molecule has 2 atom stereocenters. The smallest absolute Gasteiger partial charge is 0.0303 e. The summed E-state index contributed by atoms with van der Waals surface area (Å²) in [5, 5.41) is 0. The highest BCUT2D eigenvalue weighted by atomic mass is 15.2. The maximum Gasteiger partial charge on any atom is 0.0303 e. The van der Waals surface area contributed by atoms with Crippen molar-refractivity contribution < 1.29 is 0 Å². The Balaban J connectivity index is 0.000000517. The summed E-state index contributed by atoms with van der Waals surface area (Å²) in [6.07, 6.45) is 23.9. The summed E-state index contributed by atoms with van der Waals surface area (Å²) >= 11 is 0. The van der Waals surface area contributed by atoms with Crippen molar-refractivity contribution >= 4 is 0 Å². The molecule has 2 aliphatic heterocycles. The Labute approximate surface area is 243 Å². The van der Waals surface area contributed by atoms with Gasteiger partial charge in [-0.2, -0.15) is 0 Å². The number of rotatable bonds is 10. The van der Waals surface area contributed by atoms with Gasteiger partial charge in [-0.1, -0.05) is 99.7 Å². The molecule has 3 aliphatic rings. The van der Waals surface area contributed by atoms with Gasteiger partial charge in [-0.05, 0) is 109 Å². The zero-order chi connectivity index (χ0) is 28.3. The van der Waals surface area contributed by atoms with Crippen LogP contribution in [0.4, 0.5) is 0 Å². The Hall–Kier alpha value is -1.64. The van der Waals surface area contributed by atoms with E-state index in [-0.39, 0.29) is 0 Å². The Kier molecular flexibility index (Phi) is 17.4. The van der Waals surface area contributed by atoms with Gasteiger partial charge in [0.2, 0.25) is 0 Å². The molecule has 0 bridgehead atoms. The van der Waals surface area contributed by atoms with E-state index in [1.165, 1.54) is 114 Å². The van der Waals surface area contributed by atoms with E-state index in [9.17, 15) is 0 Å². The highest BCUT2D eigenvalue weighted by molar-refractivity contribution is 5.14. The molecule has 39 heavy (non-hydrogen) atoms. The largest absolute Gasteiger partial charge is 0.303 e. The van der Waals surface area contributed by atoms with Gasteiger partial charge in [-0.25, -0.2) is 0 Å². The van der Waals surface area contributed by atoms with E-state index < -0.39 is 0 Å². The lowest BCUT2D eigenvalue weighted by molar-refractivity contribution is 0.143. The van der Waals surface area contributed by atoms with Gasteiger partial charge in [0, 0.05) is 19.1 Å². The van der Waals surface area contributed by atoms with Crippen molar-refractivity contribution in [2.24, 2.45) is 17.8 Å². The molecule has 1 aromatic carbocycles. The minimum Gasteiger partial charge on any atom is -0.303 e. The van der Waals surface area contributed by atoms with E-state index in [1.807, 2.05) is 33.8 Å². The van der Waals surface area contributed by atoms with Crippen LogP contribution in [0.3, 0.4) is 0 Å². The number of allylic oxidation sites excluding steroid dienone is 4. The highest BCUT2D eigenvalue weighted by Gasteiger charge is 2.33. The number of likely N-dealkylation sites (tertiary alicyclic amines) is 2. The first-order chi connectivity index (χ1) is 19.1. The Bertz CT molecular complexity index is 796. The van der Waals surface area contributed by atoms with E-state index >= 15 is 0 Å². The predicted octanol–water partition coefficient (Wildman–Crippen LogP) is 9.73. The van der Waals surface area contributed by atoms with Crippen molar-refractivity contribution in [3.05, 3.63) is 72.4 Å². The van der Waals surface area contributed by atoms with E-state index in [1.54, 1.807) is 0 Å². The van der Waals surface area contributed by atoms with Crippen LogP contribution in [0.25, 0.3) is 0 Å². The normalized spacial score (nSPS) is 22.6. The van der Waals surface area contributed by atoms with Gasteiger partial charge in [0.1, 0.15) is 0 Å². The van der Waals surface area contributed by atoms with Crippen LogP contribution in [-0.2, 0) is 6.42 Å². The second kappa shape index (κ2) is 20.3. The number of nitrogens with zero attached hydrogens (tertiary/aromatic N) is 2. The first kappa shape index (κ1) is 33.6. The number of aryl methyl sites for hydroxylation is 1. The lowest BCUT2D eigenvalue weighted by Crippen LogP contribution is -2.40. The second-order valence-electron chi connectivity index (χ2n) is 11.9. The van der Waals surface area contributed by atoms with Crippen LogP contribution < -0.4 is 0 Å². The average Bonchev–Trinajstić information content (AvgIpc) is 3.45. The van der Waals surface area contributed by atoms with Gasteiger partial charge < -0.3 is 4.90 Å². The first-order valence-electron chi connectivity index (χ1n) is 16.5.